The molecule has 0 heterocycles. The SMILES string of the molecule is CC(C)C(=O)OC1(C)CC2(CCC3(OC(=O)C(C)C)CC4CC3C3CCCC43)CC1C1CCCC12. The van der Waals surface area contributed by atoms with Crippen molar-refractivity contribution < 1.29 is 19.1 Å². The predicted molar refractivity (Wildman–Crippen MR) is 135 cm³/mol. The van der Waals surface area contributed by atoms with Crippen molar-refractivity contribution in [3.8, 4) is 0 Å². The van der Waals surface area contributed by atoms with Gasteiger partial charge in [0.05, 0.1) is 11.8 Å². The summed E-state index contributed by atoms with van der Waals surface area (Å²) in [5.74, 6) is 4.83. The van der Waals surface area contributed by atoms with E-state index in [0.29, 0.717) is 17.8 Å². The van der Waals surface area contributed by atoms with Gasteiger partial charge in [-0.1, -0.05) is 40.5 Å². The number of rotatable bonds is 7. The van der Waals surface area contributed by atoms with Crippen molar-refractivity contribution in [1.82, 2.24) is 0 Å². The third-order valence-electron chi connectivity index (χ3n) is 12.2. The largest absolute Gasteiger partial charge is 0.459 e. The first-order valence-electron chi connectivity index (χ1n) is 15.0. The molecule has 10 unspecified atom stereocenters. The zero-order valence-corrected chi connectivity index (χ0v) is 22.8. The molecule has 0 spiro atoms. The summed E-state index contributed by atoms with van der Waals surface area (Å²) in [6.07, 6.45) is 14.8. The Morgan fingerprint density at radius 3 is 2.17 bits per heavy atom. The van der Waals surface area contributed by atoms with Gasteiger partial charge in [0.15, 0.2) is 0 Å². The molecule has 0 radical (unpaired) electrons. The van der Waals surface area contributed by atoms with E-state index >= 15 is 0 Å². The van der Waals surface area contributed by atoms with Crippen LogP contribution in [0, 0.1) is 58.7 Å². The Balaban J connectivity index is 1.26. The van der Waals surface area contributed by atoms with Crippen molar-refractivity contribution in [2.45, 2.75) is 123 Å². The van der Waals surface area contributed by atoms with Gasteiger partial charge in [0.25, 0.3) is 0 Å². The molecule has 6 aliphatic carbocycles. The molecule has 0 aromatic heterocycles. The van der Waals surface area contributed by atoms with Crippen LogP contribution in [0.15, 0.2) is 0 Å². The molecular formula is C31H48O4. The van der Waals surface area contributed by atoms with E-state index in [9.17, 15) is 9.59 Å². The highest BCUT2D eigenvalue weighted by molar-refractivity contribution is 5.72. The van der Waals surface area contributed by atoms with Crippen molar-refractivity contribution >= 4 is 11.9 Å². The molecule has 6 aliphatic rings. The lowest BCUT2D eigenvalue weighted by atomic mass is 9.62. The fraction of sp³-hybridized carbons (Fsp3) is 0.935. The van der Waals surface area contributed by atoms with Crippen LogP contribution in [-0.4, -0.2) is 23.1 Å². The van der Waals surface area contributed by atoms with Crippen LogP contribution >= 0.6 is 0 Å². The van der Waals surface area contributed by atoms with Gasteiger partial charge >= 0.3 is 11.9 Å². The second-order valence-corrected chi connectivity index (χ2v) is 14.6. The molecule has 0 aromatic rings. The molecular weight excluding hydrogens is 436 g/mol. The number of hydrogen-bond acceptors (Lipinski definition) is 4. The number of esters is 2. The standard InChI is InChI=1S/C31H48O4/c1-18(2)27(32)34-29(5)17-30(16-26(29)23-10-7-11-24(23)30)12-13-31(35-28(33)19(3)4)15-20-14-25(31)22-9-6-8-21(20)22/h18-26H,6-17H2,1-5H3. The van der Waals surface area contributed by atoms with Crippen molar-refractivity contribution in [2.75, 3.05) is 0 Å². The van der Waals surface area contributed by atoms with Gasteiger partial charge in [-0.2, -0.15) is 0 Å². The first kappa shape index (κ1) is 24.3. The summed E-state index contributed by atoms with van der Waals surface area (Å²) in [5, 5.41) is 0. The zero-order valence-electron chi connectivity index (χ0n) is 22.8. The molecule has 4 heteroatoms. The lowest BCUT2D eigenvalue weighted by Gasteiger charge is -2.47. The van der Waals surface area contributed by atoms with Crippen molar-refractivity contribution in [2.24, 2.45) is 58.7 Å². The highest BCUT2D eigenvalue weighted by Crippen LogP contribution is 2.72. The fourth-order valence-electron chi connectivity index (χ4n) is 11.0. The van der Waals surface area contributed by atoms with E-state index in [4.69, 9.17) is 9.47 Å². The summed E-state index contributed by atoms with van der Waals surface area (Å²) in [5.41, 5.74) is -0.308. The third kappa shape index (κ3) is 3.57. The average molecular weight is 485 g/mol. The maximum Gasteiger partial charge on any atom is 0.308 e. The van der Waals surface area contributed by atoms with Crippen LogP contribution in [0.25, 0.3) is 0 Å². The van der Waals surface area contributed by atoms with Crippen LogP contribution in [0.1, 0.15) is 112 Å². The quantitative estimate of drug-likeness (QED) is 0.367. The second-order valence-electron chi connectivity index (χ2n) is 14.6. The van der Waals surface area contributed by atoms with Gasteiger partial charge < -0.3 is 9.47 Å². The second kappa shape index (κ2) is 8.22. The Morgan fingerprint density at radius 2 is 1.43 bits per heavy atom. The molecule has 196 valence electrons. The minimum atomic E-state index is -0.320. The molecule has 6 rings (SSSR count). The molecule has 0 aliphatic heterocycles. The number of ether oxygens (including phenoxy) is 2. The molecule has 6 fully saturated rings. The van der Waals surface area contributed by atoms with Crippen molar-refractivity contribution in [3.05, 3.63) is 0 Å². The summed E-state index contributed by atoms with van der Waals surface area (Å²) < 4.78 is 12.9. The lowest BCUT2D eigenvalue weighted by Crippen LogP contribution is -2.48. The molecule has 6 saturated carbocycles. The highest BCUT2D eigenvalue weighted by Gasteiger charge is 2.69. The molecule has 4 bridgehead atoms. The molecule has 0 aromatic carbocycles. The third-order valence-corrected chi connectivity index (χ3v) is 12.2. The molecule has 10 atom stereocenters. The average Bonchev–Trinajstić information content (AvgIpc) is 3.59. The van der Waals surface area contributed by atoms with Crippen LogP contribution < -0.4 is 0 Å². The Labute approximate surface area is 212 Å². The maximum atomic E-state index is 13.0. The number of hydrogen-bond donors (Lipinski definition) is 0. The summed E-state index contributed by atoms with van der Waals surface area (Å²) in [6.45, 7) is 10.1. The summed E-state index contributed by atoms with van der Waals surface area (Å²) >= 11 is 0. The Bertz CT molecular complexity index is 879. The van der Waals surface area contributed by atoms with E-state index in [0.717, 1.165) is 49.4 Å². The van der Waals surface area contributed by atoms with Gasteiger partial charge in [0, 0.05) is 11.8 Å². The van der Waals surface area contributed by atoms with E-state index in [1.165, 1.54) is 51.4 Å². The Kier molecular flexibility index (Phi) is 5.70. The fourth-order valence-corrected chi connectivity index (χ4v) is 11.0. The zero-order chi connectivity index (χ0) is 24.8. The smallest absolute Gasteiger partial charge is 0.308 e. The minimum Gasteiger partial charge on any atom is -0.459 e. The predicted octanol–water partition coefficient (Wildman–Crippen LogP) is 6.94. The minimum absolute atomic E-state index is 0.00904. The molecule has 4 nitrogen and oxygen atoms in total. The van der Waals surface area contributed by atoms with E-state index in [1.807, 2.05) is 27.7 Å². The summed E-state index contributed by atoms with van der Waals surface area (Å²) in [4.78, 5) is 25.7. The van der Waals surface area contributed by atoms with Crippen LogP contribution in [0.3, 0.4) is 0 Å². The van der Waals surface area contributed by atoms with E-state index in [2.05, 4.69) is 6.92 Å². The van der Waals surface area contributed by atoms with Gasteiger partial charge in [0.2, 0.25) is 0 Å². The van der Waals surface area contributed by atoms with Gasteiger partial charge in [0.1, 0.15) is 11.2 Å². The van der Waals surface area contributed by atoms with Crippen LogP contribution in [0.4, 0.5) is 0 Å². The molecule has 0 N–H and O–H groups in total. The topological polar surface area (TPSA) is 52.6 Å². The van der Waals surface area contributed by atoms with Crippen LogP contribution in [-0.2, 0) is 19.1 Å². The molecule has 0 amide bonds. The summed E-state index contributed by atoms with van der Waals surface area (Å²) in [7, 11) is 0. The monoisotopic (exact) mass is 484 g/mol. The van der Waals surface area contributed by atoms with Gasteiger partial charge in [-0.15, -0.1) is 0 Å². The number of fused-ring (bicyclic) bond motifs is 10. The van der Waals surface area contributed by atoms with E-state index in [1.54, 1.807) is 0 Å². The van der Waals surface area contributed by atoms with E-state index < -0.39 is 0 Å². The number of carbonyl (C=O) groups is 2. The molecule has 0 saturated heterocycles. The highest BCUT2D eigenvalue weighted by atomic mass is 16.6. The Hall–Kier alpha value is -1.06. The van der Waals surface area contributed by atoms with Gasteiger partial charge in [-0.05, 0) is 106 Å². The lowest BCUT2D eigenvalue weighted by molar-refractivity contribution is -0.179. The number of carbonyl (C=O) groups excluding carboxylic acids is 2. The summed E-state index contributed by atoms with van der Waals surface area (Å²) in [6, 6.07) is 0. The van der Waals surface area contributed by atoms with Gasteiger partial charge in [-0.25, -0.2) is 0 Å². The van der Waals surface area contributed by atoms with Crippen LogP contribution in [0.2, 0.25) is 0 Å². The van der Waals surface area contributed by atoms with Crippen LogP contribution in [0.5, 0.6) is 0 Å². The maximum absolute atomic E-state index is 13.0. The van der Waals surface area contributed by atoms with Crippen molar-refractivity contribution in [3.63, 3.8) is 0 Å². The van der Waals surface area contributed by atoms with Gasteiger partial charge in [-0.3, -0.25) is 9.59 Å². The van der Waals surface area contributed by atoms with E-state index in [-0.39, 0.29) is 40.4 Å². The molecule has 35 heavy (non-hydrogen) atoms. The van der Waals surface area contributed by atoms with Crippen molar-refractivity contribution in [1.29, 1.82) is 0 Å². The first-order chi connectivity index (χ1) is 16.6. The normalized spacial score (nSPS) is 49.2. The first-order valence-corrected chi connectivity index (χ1v) is 15.0. The Morgan fingerprint density at radius 1 is 0.771 bits per heavy atom.